The lowest BCUT2D eigenvalue weighted by Crippen LogP contribution is -2.30. The molecule has 0 saturated heterocycles. The zero-order valence-corrected chi connectivity index (χ0v) is 15.8. The Hall–Kier alpha value is -2.64. The van der Waals surface area contributed by atoms with Gasteiger partial charge in [-0.15, -0.1) is 0 Å². The average molecular weight is 411 g/mol. The van der Waals surface area contributed by atoms with E-state index in [9.17, 15) is 19.7 Å². The topological polar surface area (TPSA) is 98.5 Å². The molecule has 0 fully saturated rings. The number of esters is 1. The van der Waals surface area contributed by atoms with Crippen molar-refractivity contribution in [2.45, 2.75) is 13.3 Å². The van der Waals surface area contributed by atoms with E-state index < -0.39 is 23.4 Å². The van der Waals surface area contributed by atoms with Gasteiger partial charge >= 0.3 is 5.97 Å². The molecule has 0 aromatic heterocycles. The molecule has 0 atom stereocenters. The van der Waals surface area contributed by atoms with Crippen molar-refractivity contribution in [3.8, 4) is 0 Å². The van der Waals surface area contributed by atoms with Crippen LogP contribution in [0, 0.1) is 17.0 Å². The van der Waals surface area contributed by atoms with Gasteiger partial charge in [0.2, 0.25) is 0 Å². The van der Waals surface area contributed by atoms with Crippen molar-refractivity contribution in [1.82, 2.24) is 5.32 Å². The molecule has 0 radical (unpaired) electrons. The molecule has 2 aromatic rings. The van der Waals surface area contributed by atoms with Crippen molar-refractivity contribution >= 4 is 40.8 Å². The molecule has 0 aliphatic carbocycles. The maximum Gasteiger partial charge on any atom is 0.338 e. The smallest absolute Gasteiger partial charge is 0.338 e. The summed E-state index contributed by atoms with van der Waals surface area (Å²) in [7, 11) is 0. The number of hydrogen-bond acceptors (Lipinski definition) is 5. The fourth-order valence-electron chi connectivity index (χ4n) is 2.26. The van der Waals surface area contributed by atoms with Crippen molar-refractivity contribution in [2.24, 2.45) is 0 Å². The Morgan fingerprint density at radius 1 is 1.19 bits per heavy atom. The van der Waals surface area contributed by atoms with Gasteiger partial charge < -0.3 is 10.1 Å². The fraction of sp³-hybridized carbons (Fsp3) is 0.222. The number of ether oxygens (including phenoxy) is 1. The van der Waals surface area contributed by atoms with E-state index in [4.69, 9.17) is 27.9 Å². The lowest BCUT2D eigenvalue weighted by Gasteiger charge is -2.08. The van der Waals surface area contributed by atoms with E-state index in [0.717, 1.165) is 11.6 Å². The Balaban J connectivity index is 1.82. The Morgan fingerprint density at radius 2 is 1.93 bits per heavy atom. The number of benzene rings is 2. The van der Waals surface area contributed by atoms with E-state index in [2.05, 4.69) is 5.32 Å². The van der Waals surface area contributed by atoms with Gasteiger partial charge in [0.1, 0.15) is 0 Å². The molecule has 1 amide bonds. The van der Waals surface area contributed by atoms with Gasteiger partial charge in [0, 0.05) is 28.2 Å². The summed E-state index contributed by atoms with van der Waals surface area (Å²) in [5.41, 5.74) is 1.07. The molecule has 9 heteroatoms. The summed E-state index contributed by atoms with van der Waals surface area (Å²) in [6, 6.07) is 9.06. The molecule has 0 unspecified atom stereocenters. The summed E-state index contributed by atoms with van der Waals surface area (Å²) < 4.78 is 4.89. The highest BCUT2D eigenvalue weighted by Gasteiger charge is 2.16. The van der Waals surface area contributed by atoms with Crippen molar-refractivity contribution in [3.63, 3.8) is 0 Å². The summed E-state index contributed by atoms with van der Waals surface area (Å²) in [5.74, 6) is -1.30. The van der Waals surface area contributed by atoms with E-state index in [0.29, 0.717) is 28.6 Å². The third-order valence-corrected chi connectivity index (χ3v) is 4.29. The van der Waals surface area contributed by atoms with Crippen LogP contribution < -0.4 is 5.32 Å². The predicted octanol–water partition coefficient (Wildman–Crippen LogP) is 3.73. The molecule has 7 nitrogen and oxygen atoms in total. The maximum absolute atomic E-state index is 12.0. The molecule has 27 heavy (non-hydrogen) atoms. The standard InChI is InChI=1S/C18H16Cl2N2O5/c1-11-2-3-13(8-16(11)22(25)26)18(24)27-10-17(23)21-7-6-12-4-5-14(19)9-15(12)20/h2-5,8-9H,6-7,10H2,1H3,(H,21,23). The van der Waals surface area contributed by atoms with E-state index in [1.54, 1.807) is 25.1 Å². The van der Waals surface area contributed by atoms with Gasteiger partial charge in [0.05, 0.1) is 10.5 Å². The number of rotatable bonds is 7. The average Bonchev–Trinajstić information content (AvgIpc) is 2.61. The van der Waals surface area contributed by atoms with Crippen LogP contribution in [0.25, 0.3) is 0 Å². The maximum atomic E-state index is 12.0. The number of hydrogen-bond donors (Lipinski definition) is 1. The third kappa shape index (κ3) is 5.94. The molecule has 2 aromatic carbocycles. The normalized spacial score (nSPS) is 10.3. The zero-order chi connectivity index (χ0) is 20.0. The molecule has 0 heterocycles. The highest BCUT2D eigenvalue weighted by molar-refractivity contribution is 6.35. The summed E-state index contributed by atoms with van der Waals surface area (Å²) in [4.78, 5) is 34.1. The fourth-order valence-corrected chi connectivity index (χ4v) is 2.76. The highest BCUT2D eigenvalue weighted by Crippen LogP contribution is 2.21. The number of carbonyl (C=O) groups is 2. The first kappa shape index (κ1) is 20.7. The van der Waals surface area contributed by atoms with Crippen LogP contribution in [0.1, 0.15) is 21.5 Å². The summed E-state index contributed by atoms with van der Waals surface area (Å²) in [6.45, 7) is 1.37. The van der Waals surface area contributed by atoms with E-state index in [-0.39, 0.29) is 11.3 Å². The van der Waals surface area contributed by atoms with Crippen LogP contribution in [0.3, 0.4) is 0 Å². The molecule has 0 spiro atoms. The zero-order valence-electron chi connectivity index (χ0n) is 14.3. The first-order chi connectivity index (χ1) is 12.8. The number of nitrogens with one attached hydrogen (secondary N) is 1. The highest BCUT2D eigenvalue weighted by atomic mass is 35.5. The summed E-state index contributed by atoms with van der Waals surface area (Å²) in [5, 5.41) is 14.5. The summed E-state index contributed by atoms with van der Waals surface area (Å²) >= 11 is 11.9. The molecule has 0 aliphatic heterocycles. The van der Waals surface area contributed by atoms with Crippen LogP contribution in [-0.4, -0.2) is 30.0 Å². The molecule has 0 saturated carbocycles. The summed E-state index contributed by atoms with van der Waals surface area (Å²) in [6.07, 6.45) is 0.486. The van der Waals surface area contributed by atoms with Gasteiger partial charge in [-0.1, -0.05) is 35.3 Å². The minimum Gasteiger partial charge on any atom is -0.452 e. The monoisotopic (exact) mass is 410 g/mol. The molecular formula is C18H16Cl2N2O5. The van der Waals surface area contributed by atoms with Gasteiger partial charge in [-0.2, -0.15) is 0 Å². The number of halogens is 2. The number of amides is 1. The number of aryl methyl sites for hydroxylation is 1. The van der Waals surface area contributed by atoms with Crippen LogP contribution in [-0.2, 0) is 16.0 Å². The van der Waals surface area contributed by atoms with Gasteiger partial charge in [-0.3, -0.25) is 14.9 Å². The molecule has 0 aliphatic rings. The quantitative estimate of drug-likeness (QED) is 0.425. The number of nitro groups is 1. The van der Waals surface area contributed by atoms with Gasteiger partial charge in [0.15, 0.2) is 6.61 Å². The molecule has 142 valence electrons. The Labute approximate surface area is 165 Å². The van der Waals surface area contributed by atoms with Crippen LogP contribution in [0.4, 0.5) is 5.69 Å². The van der Waals surface area contributed by atoms with Gasteiger partial charge in [-0.25, -0.2) is 4.79 Å². The molecule has 0 bridgehead atoms. The van der Waals surface area contributed by atoms with Crippen molar-refractivity contribution < 1.29 is 19.2 Å². The lowest BCUT2D eigenvalue weighted by atomic mass is 10.1. The van der Waals surface area contributed by atoms with E-state index in [1.165, 1.54) is 12.1 Å². The minimum atomic E-state index is -0.811. The van der Waals surface area contributed by atoms with Crippen LogP contribution in [0.15, 0.2) is 36.4 Å². The predicted molar refractivity (Wildman–Crippen MR) is 101 cm³/mol. The Bertz CT molecular complexity index is 886. The van der Waals surface area contributed by atoms with Crippen molar-refractivity contribution in [2.75, 3.05) is 13.2 Å². The Kier molecular flexibility index (Phi) is 7.15. The Morgan fingerprint density at radius 3 is 2.59 bits per heavy atom. The van der Waals surface area contributed by atoms with E-state index in [1.807, 2.05) is 0 Å². The number of nitro benzene ring substituents is 1. The van der Waals surface area contributed by atoms with Crippen LogP contribution in [0.5, 0.6) is 0 Å². The van der Waals surface area contributed by atoms with Crippen LogP contribution >= 0.6 is 23.2 Å². The molecular weight excluding hydrogens is 395 g/mol. The van der Waals surface area contributed by atoms with E-state index >= 15 is 0 Å². The van der Waals surface area contributed by atoms with Gasteiger partial charge in [-0.05, 0) is 37.1 Å². The molecule has 1 N–H and O–H groups in total. The van der Waals surface area contributed by atoms with Crippen molar-refractivity contribution in [3.05, 3.63) is 73.2 Å². The molecule has 2 rings (SSSR count). The van der Waals surface area contributed by atoms with Gasteiger partial charge in [0.25, 0.3) is 11.6 Å². The number of nitrogens with zero attached hydrogens (tertiary/aromatic N) is 1. The van der Waals surface area contributed by atoms with Crippen LogP contribution in [0.2, 0.25) is 10.0 Å². The first-order valence-corrected chi connectivity index (χ1v) is 8.66. The lowest BCUT2D eigenvalue weighted by molar-refractivity contribution is -0.385. The second kappa shape index (κ2) is 9.34. The number of carbonyl (C=O) groups excluding carboxylic acids is 2. The largest absolute Gasteiger partial charge is 0.452 e. The van der Waals surface area contributed by atoms with Crippen molar-refractivity contribution in [1.29, 1.82) is 0 Å². The second-order valence-electron chi connectivity index (χ2n) is 5.67. The third-order valence-electron chi connectivity index (χ3n) is 3.71. The SMILES string of the molecule is Cc1ccc(C(=O)OCC(=O)NCCc2ccc(Cl)cc2Cl)cc1[N+](=O)[O-]. The second-order valence-corrected chi connectivity index (χ2v) is 6.51. The minimum absolute atomic E-state index is 0.00745. The first-order valence-electron chi connectivity index (χ1n) is 7.90.